The minimum absolute atomic E-state index is 0.303. The lowest BCUT2D eigenvalue weighted by Gasteiger charge is -2.29. The Balaban J connectivity index is 2.10. The van der Waals surface area contributed by atoms with E-state index in [9.17, 15) is 0 Å². The summed E-state index contributed by atoms with van der Waals surface area (Å²) < 4.78 is 0. The first kappa shape index (κ1) is 12.0. The maximum atomic E-state index is 8.90. The van der Waals surface area contributed by atoms with Crippen molar-refractivity contribution in [3.05, 3.63) is 0 Å². The highest BCUT2D eigenvalue weighted by Crippen LogP contribution is 2.26. The van der Waals surface area contributed by atoms with Crippen molar-refractivity contribution in [1.82, 2.24) is 5.32 Å². The Morgan fingerprint density at radius 1 is 1.29 bits per heavy atom. The molecule has 1 aliphatic carbocycles. The molecule has 0 amide bonds. The van der Waals surface area contributed by atoms with Gasteiger partial charge in [0.25, 0.3) is 0 Å². The van der Waals surface area contributed by atoms with Crippen LogP contribution in [0.3, 0.4) is 0 Å². The van der Waals surface area contributed by atoms with Crippen LogP contribution in [0, 0.1) is 11.8 Å². The molecule has 1 atom stereocenters. The highest BCUT2D eigenvalue weighted by atomic mass is 16.3. The molecule has 2 heteroatoms. The van der Waals surface area contributed by atoms with Crippen LogP contribution in [0.4, 0.5) is 0 Å². The molecular formula is C12H25NO. The van der Waals surface area contributed by atoms with Crippen molar-refractivity contribution in [2.24, 2.45) is 11.8 Å². The summed E-state index contributed by atoms with van der Waals surface area (Å²) in [6.45, 7) is 5.66. The molecule has 0 radical (unpaired) electrons. The van der Waals surface area contributed by atoms with E-state index in [0.717, 1.165) is 12.5 Å². The number of nitrogens with one attached hydrogen (secondary N) is 1. The maximum absolute atomic E-state index is 8.90. The van der Waals surface area contributed by atoms with Crippen LogP contribution in [0.1, 0.15) is 46.0 Å². The van der Waals surface area contributed by atoms with Crippen LogP contribution in [-0.4, -0.2) is 24.3 Å². The molecule has 1 rings (SSSR count). The Morgan fingerprint density at radius 2 is 1.93 bits per heavy atom. The van der Waals surface area contributed by atoms with Crippen LogP contribution in [-0.2, 0) is 0 Å². The lowest BCUT2D eigenvalue weighted by Crippen LogP contribution is -2.36. The molecule has 0 heterocycles. The van der Waals surface area contributed by atoms with E-state index in [0.29, 0.717) is 18.6 Å². The summed E-state index contributed by atoms with van der Waals surface area (Å²) in [6.07, 6.45) is 6.79. The molecule has 0 aromatic carbocycles. The van der Waals surface area contributed by atoms with E-state index in [-0.39, 0.29) is 0 Å². The fourth-order valence-electron chi connectivity index (χ4n) is 2.21. The Hall–Kier alpha value is -0.0800. The minimum Gasteiger partial charge on any atom is -0.396 e. The summed E-state index contributed by atoms with van der Waals surface area (Å²) in [5.41, 5.74) is 0. The molecule has 1 saturated carbocycles. The Morgan fingerprint density at radius 3 is 2.43 bits per heavy atom. The summed E-state index contributed by atoms with van der Waals surface area (Å²) >= 11 is 0. The van der Waals surface area contributed by atoms with Crippen LogP contribution in [0.15, 0.2) is 0 Å². The quantitative estimate of drug-likeness (QED) is 0.711. The third-order valence-electron chi connectivity index (χ3n) is 3.49. The molecule has 2 nitrogen and oxygen atoms in total. The summed E-state index contributed by atoms with van der Waals surface area (Å²) in [4.78, 5) is 0. The molecule has 1 fully saturated rings. The van der Waals surface area contributed by atoms with Gasteiger partial charge in [0.1, 0.15) is 0 Å². The molecule has 0 spiro atoms. The fraction of sp³-hybridized carbons (Fsp3) is 1.00. The number of hydrogen-bond donors (Lipinski definition) is 2. The summed E-state index contributed by atoms with van der Waals surface area (Å²) in [6, 6.07) is 0.715. The third kappa shape index (κ3) is 3.97. The Kier molecular flexibility index (Phi) is 5.49. The van der Waals surface area contributed by atoms with Gasteiger partial charge in [0, 0.05) is 19.2 Å². The Bertz CT molecular complexity index is 141. The van der Waals surface area contributed by atoms with Gasteiger partial charge in [0.05, 0.1) is 0 Å². The number of aliphatic hydroxyl groups excluding tert-OH is 1. The van der Waals surface area contributed by atoms with Gasteiger partial charge in [-0.1, -0.05) is 20.3 Å². The maximum Gasteiger partial charge on any atom is 0.0468 e. The van der Waals surface area contributed by atoms with Crippen LogP contribution < -0.4 is 5.32 Å². The largest absolute Gasteiger partial charge is 0.396 e. The monoisotopic (exact) mass is 199 g/mol. The molecule has 0 aromatic rings. The number of rotatable bonds is 5. The SMILES string of the molecule is CCC1CCC(NCC(C)CO)CC1. The third-order valence-corrected chi connectivity index (χ3v) is 3.49. The van der Waals surface area contributed by atoms with Gasteiger partial charge in [0.2, 0.25) is 0 Å². The molecule has 0 saturated heterocycles. The van der Waals surface area contributed by atoms with Gasteiger partial charge in [-0.15, -0.1) is 0 Å². The van der Waals surface area contributed by atoms with Gasteiger partial charge in [0.15, 0.2) is 0 Å². The van der Waals surface area contributed by atoms with Crippen molar-refractivity contribution in [2.45, 2.75) is 52.0 Å². The van der Waals surface area contributed by atoms with Crippen LogP contribution in [0.5, 0.6) is 0 Å². The molecule has 0 aliphatic heterocycles. The van der Waals surface area contributed by atoms with Crippen LogP contribution in [0.25, 0.3) is 0 Å². The molecule has 0 aromatic heterocycles. The first-order valence-corrected chi connectivity index (χ1v) is 6.10. The molecule has 2 N–H and O–H groups in total. The molecule has 0 bridgehead atoms. The molecular weight excluding hydrogens is 174 g/mol. The Labute approximate surface area is 88.1 Å². The summed E-state index contributed by atoms with van der Waals surface area (Å²) in [5.74, 6) is 1.38. The van der Waals surface area contributed by atoms with E-state index < -0.39 is 0 Å². The van der Waals surface area contributed by atoms with Gasteiger partial charge >= 0.3 is 0 Å². The lowest BCUT2D eigenvalue weighted by atomic mass is 9.84. The van der Waals surface area contributed by atoms with Crippen molar-refractivity contribution in [2.75, 3.05) is 13.2 Å². The van der Waals surface area contributed by atoms with E-state index in [1.165, 1.54) is 32.1 Å². The predicted molar refractivity (Wildman–Crippen MR) is 60.3 cm³/mol. The lowest BCUT2D eigenvalue weighted by molar-refractivity contribution is 0.218. The van der Waals surface area contributed by atoms with Crippen molar-refractivity contribution in [1.29, 1.82) is 0 Å². The van der Waals surface area contributed by atoms with E-state index in [4.69, 9.17) is 5.11 Å². The van der Waals surface area contributed by atoms with Gasteiger partial charge in [-0.2, -0.15) is 0 Å². The second kappa shape index (κ2) is 6.41. The van der Waals surface area contributed by atoms with Crippen molar-refractivity contribution >= 4 is 0 Å². The standard InChI is InChI=1S/C12H25NO/c1-3-11-4-6-12(7-5-11)13-8-10(2)9-14/h10-14H,3-9H2,1-2H3. The van der Waals surface area contributed by atoms with E-state index in [2.05, 4.69) is 19.2 Å². The average Bonchev–Trinajstić information content (AvgIpc) is 2.26. The van der Waals surface area contributed by atoms with Gasteiger partial charge in [-0.05, 0) is 37.5 Å². The van der Waals surface area contributed by atoms with E-state index in [1.54, 1.807) is 0 Å². The number of hydrogen-bond acceptors (Lipinski definition) is 2. The van der Waals surface area contributed by atoms with Crippen LogP contribution in [0.2, 0.25) is 0 Å². The van der Waals surface area contributed by atoms with E-state index in [1.807, 2.05) is 0 Å². The second-order valence-corrected chi connectivity index (χ2v) is 4.82. The molecule has 1 unspecified atom stereocenters. The highest BCUT2D eigenvalue weighted by molar-refractivity contribution is 4.76. The van der Waals surface area contributed by atoms with Crippen molar-refractivity contribution < 1.29 is 5.11 Å². The zero-order valence-electron chi connectivity index (χ0n) is 9.63. The fourth-order valence-corrected chi connectivity index (χ4v) is 2.21. The second-order valence-electron chi connectivity index (χ2n) is 4.82. The zero-order chi connectivity index (χ0) is 10.4. The predicted octanol–water partition coefficient (Wildman–Crippen LogP) is 2.17. The van der Waals surface area contributed by atoms with E-state index >= 15 is 0 Å². The van der Waals surface area contributed by atoms with Crippen molar-refractivity contribution in [3.63, 3.8) is 0 Å². The summed E-state index contributed by atoms with van der Waals surface area (Å²) in [7, 11) is 0. The molecule has 84 valence electrons. The number of aliphatic hydroxyl groups is 1. The van der Waals surface area contributed by atoms with Crippen LogP contribution >= 0.6 is 0 Å². The molecule has 14 heavy (non-hydrogen) atoms. The molecule has 1 aliphatic rings. The van der Waals surface area contributed by atoms with Gasteiger partial charge in [-0.3, -0.25) is 0 Å². The zero-order valence-corrected chi connectivity index (χ0v) is 9.63. The first-order valence-electron chi connectivity index (χ1n) is 6.10. The smallest absolute Gasteiger partial charge is 0.0468 e. The minimum atomic E-state index is 0.303. The topological polar surface area (TPSA) is 32.3 Å². The van der Waals surface area contributed by atoms with Crippen molar-refractivity contribution in [3.8, 4) is 0 Å². The van der Waals surface area contributed by atoms with Gasteiger partial charge in [-0.25, -0.2) is 0 Å². The highest BCUT2D eigenvalue weighted by Gasteiger charge is 2.19. The van der Waals surface area contributed by atoms with Gasteiger partial charge < -0.3 is 10.4 Å². The average molecular weight is 199 g/mol. The summed E-state index contributed by atoms with van der Waals surface area (Å²) in [5, 5.41) is 12.5. The first-order chi connectivity index (χ1) is 6.76. The normalized spacial score (nSPS) is 30.2.